The van der Waals surface area contributed by atoms with Gasteiger partial charge in [-0.2, -0.15) is 0 Å². The van der Waals surface area contributed by atoms with Crippen molar-refractivity contribution in [2.45, 2.75) is 110 Å². The van der Waals surface area contributed by atoms with Crippen LogP contribution in [-0.2, 0) is 23.8 Å². The number of carbonyl (C=O) groups is 2. The molecule has 0 aromatic rings. The molecule has 0 aliphatic carbocycles. The van der Waals surface area contributed by atoms with Crippen LogP contribution >= 0.6 is 0 Å². The summed E-state index contributed by atoms with van der Waals surface area (Å²) in [5.74, 6) is -2.01. The maximum absolute atomic E-state index is 13.0. The first kappa shape index (κ1) is 37.2. The molecule has 0 aromatic heterocycles. The molecule has 2 rings (SSSR count). The number of ether oxygens (including phenoxy) is 3. The summed E-state index contributed by atoms with van der Waals surface area (Å²) in [7, 11) is 5.53. The van der Waals surface area contributed by atoms with E-state index in [2.05, 4.69) is 4.99 Å². The lowest BCUT2D eigenvalue weighted by molar-refractivity contribution is -0.294. The van der Waals surface area contributed by atoms with E-state index in [1.807, 2.05) is 71.8 Å². The first-order valence-corrected chi connectivity index (χ1v) is 15.7. The third-order valence-corrected chi connectivity index (χ3v) is 9.30. The summed E-state index contributed by atoms with van der Waals surface area (Å²) in [6, 6.07) is -0.232. The predicted octanol–water partition coefficient (Wildman–Crippen LogP) is 3.18. The minimum absolute atomic E-state index is 0.0345. The van der Waals surface area contributed by atoms with E-state index < -0.39 is 48.5 Å². The van der Waals surface area contributed by atoms with Crippen LogP contribution in [0.4, 0.5) is 0 Å². The molecule has 3 N–H and O–H groups in total. The molecular formula is C33H56N2O8. The van der Waals surface area contributed by atoms with Crippen LogP contribution in [0.5, 0.6) is 0 Å². The molecule has 6 unspecified atom stereocenters. The average Bonchev–Trinajstić information content (AvgIpc) is 2.95. The zero-order valence-corrected chi connectivity index (χ0v) is 27.6. The molecule has 0 amide bonds. The predicted molar refractivity (Wildman–Crippen MR) is 167 cm³/mol. The topological polar surface area (TPSA) is 138 Å². The number of cyclic esters (lactones) is 1. The standard InChI is InChI=1S/C33H56N2O8/c1-10-28-25(18-37)15-19(2)11-12-26(34-7)20(3)16-24(13-14-36)32(22(5)27(38)17-29(39)42-28)43-33-31(40)30(35(8)9)21(4)23(6)41-33/h11-12,14-15,20-25,27-28,30-33,37-38,40H,10,13,16-18H2,1-9H3/b12-11+,19-15+,34-26?/t20-,21?,22+,23?,24+,25?,27-,28-,30?,31?,32-,33?/m1/s1. The molecule has 0 bridgehead atoms. The Hall–Kier alpha value is -1.95. The van der Waals surface area contributed by atoms with E-state index in [9.17, 15) is 24.9 Å². The fraction of sp³-hybridized carbons (Fsp3) is 0.788. The highest BCUT2D eigenvalue weighted by molar-refractivity contribution is 5.96. The van der Waals surface area contributed by atoms with Gasteiger partial charge in [-0.1, -0.05) is 45.4 Å². The number of aliphatic imine (C=N–C) groups is 1. The first-order valence-electron chi connectivity index (χ1n) is 15.7. The molecule has 10 nitrogen and oxygen atoms in total. The highest BCUT2D eigenvalue weighted by atomic mass is 16.7. The lowest BCUT2D eigenvalue weighted by Gasteiger charge is -2.47. The molecule has 0 radical (unpaired) electrons. The largest absolute Gasteiger partial charge is 0.462 e. The molecule has 2 aliphatic rings. The molecule has 12 atom stereocenters. The number of aliphatic hydroxyl groups excluding tert-OH is 3. The van der Waals surface area contributed by atoms with Gasteiger partial charge in [0.2, 0.25) is 0 Å². The van der Waals surface area contributed by atoms with Crippen LogP contribution in [0.2, 0.25) is 0 Å². The minimum Gasteiger partial charge on any atom is -0.462 e. The van der Waals surface area contributed by atoms with E-state index in [0.29, 0.717) is 12.8 Å². The third kappa shape index (κ3) is 10.0. The maximum atomic E-state index is 13.0. The second-order valence-electron chi connectivity index (χ2n) is 12.7. The summed E-state index contributed by atoms with van der Waals surface area (Å²) in [6.07, 6.45) is 2.80. The number of aldehydes is 1. The Kier molecular flexibility index (Phi) is 15.2. The molecule has 0 saturated carbocycles. The Morgan fingerprint density at radius 1 is 1.14 bits per heavy atom. The van der Waals surface area contributed by atoms with Gasteiger partial charge in [0.15, 0.2) is 6.29 Å². The van der Waals surface area contributed by atoms with Crippen LogP contribution in [0, 0.1) is 29.6 Å². The number of aliphatic hydroxyl groups is 3. The Morgan fingerprint density at radius 3 is 2.37 bits per heavy atom. The fourth-order valence-electron chi connectivity index (χ4n) is 6.55. The van der Waals surface area contributed by atoms with Crippen LogP contribution in [-0.4, -0.2) is 109 Å². The van der Waals surface area contributed by atoms with Gasteiger partial charge in [-0.05, 0) is 58.7 Å². The van der Waals surface area contributed by atoms with Crippen molar-refractivity contribution in [1.82, 2.24) is 4.90 Å². The summed E-state index contributed by atoms with van der Waals surface area (Å²) in [4.78, 5) is 31.5. The Bertz CT molecular complexity index is 982. The van der Waals surface area contributed by atoms with Crippen LogP contribution in [0.15, 0.2) is 28.8 Å². The monoisotopic (exact) mass is 608 g/mol. The number of allylic oxidation sites excluding steroid dienone is 3. The molecule has 0 aromatic carbocycles. The van der Waals surface area contributed by atoms with Gasteiger partial charge in [0.25, 0.3) is 0 Å². The van der Waals surface area contributed by atoms with Crippen molar-refractivity contribution in [2.24, 2.45) is 34.6 Å². The molecule has 0 spiro atoms. The summed E-state index contributed by atoms with van der Waals surface area (Å²) in [5.41, 5.74) is 1.71. The Balaban J connectivity index is 2.56. The second-order valence-corrected chi connectivity index (χ2v) is 12.7. The van der Waals surface area contributed by atoms with Crippen molar-refractivity contribution in [3.05, 3.63) is 23.8 Å². The second kappa shape index (κ2) is 17.5. The van der Waals surface area contributed by atoms with Crippen LogP contribution in [0.1, 0.15) is 67.2 Å². The zero-order valence-electron chi connectivity index (χ0n) is 27.6. The number of hydrogen-bond donors (Lipinski definition) is 3. The Morgan fingerprint density at radius 2 is 1.81 bits per heavy atom. The van der Waals surface area contributed by atoms with Crippen molar-refractivity contribution in [2.75, 3.05) is 27.7 Å². The SMILES string of the molecule is CC[C@H]1OC(=O)C[C@@H](O)[C@H](C)[C@@H](OC2OC(C)C(C)C(N(C)C)C2O)[C@@H](CC=O)C[C@@H](C)C(=NC)/C=C/C(C)=C/C1CO. The number of rotatable bonds is 7. The zero-order chi connectivity index (χ0) is 32.4. The van der Waals surface area contributed by atoms with E-state index in [1.165, 1.54) is 0 Å². The molecule has 2 heterocycles. The van der Waals surface area contributed by atoms with Crippen LogP contribution in [0.25, 0.3) is 0 Å². The van der Waals surface area contributed by atoms with Crippen LogP contribution in [0.3, 0.4) is 0 Å². The highest BCUT2D eigenvalue weighted by Gasteiger charge is 2.46. The van der Waals surface area contributed by atoms with Gasteiger partial charge in [-0.25, -0.2) is 0 Å². The molecule has 246 valence electrons. The van der Waals surface area contributed by atoms with E-state index in [0.717, 1.165) is 17.6 Å². The van der Waals surface area contributed by atoms with Crippen molar-refractivity contribution in [3.8, 4) is 0 Å². The molecule has 2 aliphatic heterocycles. The van der Waals surface area contributed by atoms with Gasteiger partial charge in [0, 0.05) is 43.0 Å². The average molecular weight is 609 g/mol. The Labute approximate surface area is 258 Å². The summed E-state index contributed by atoms with van der Waals surface area (Å²) >= 11 is 0. The summed E-state index contributed by atoms with van der Waals surface area (Å²) in [6.45, 7) is 11.4. The number of carbonyl (C=O) groups excluding carboxylic acids is 2. The lowest BCUT2D eigenvalue weighted by Crippen LogP contribution is -2.60. The summed E-state index contributed by atoms with van der Waals surface area (Å²) < 4.78 is 18.5. The summed E-state index contributed by atoms with van der Waals surface area (Å²) in [5, 5.41) is 32.8. The maximum Gasteiger partial charge on any atom is 0.308 e. The van der Waals surface area contributed by atoms with E-state index in [1.54, 1.807) is 14.0 Å². The molecule has 1 saturated heterocycles. The normalized spacial score (nSPS) is 41.8. The molecule has 1 fully saturated rings. The number of esters is 1. The van der Waals surface area contributed by atoms with Gasteiger partial charge in [0.1, 0.15) is 18.5 Å². The quantitative estimate of drug-likeness (QED) is 0.294. The van der Waals surface area contributed by atoms with Crippen molar-refractivity contribution in [3.63, 3.8) is 0 Å². The number of likely N-dealkylation sites (N-methyl/N-ethyl adjacent to an activating group) is 1. The van der Waals surface area contributed by atoms with Crippen molar-refractivity contribution < 1.29 is 39.1 Å². The first-order chi connectivity index (χ1) is 20.3. The smallest absolute Gasteiger partial charge is 0.308 e. The van der Waals surface area contributed by atoms with E-state index in [-0.39, 0.29) is 49.3 Å². The minimum atomic E-state index is -1.15. The molecule has 43 heavy (non-hydrogen) atoms. The third-order valence-electron chi connectivity index (χ3n) is 9.30. The van der Waals surface area contributed by atoms with Gasteiger partial charge in [0.05, 0.1) is 31.3 Å². The van der Waals surface area contributed by atoms with Crippen molar-refractivity contribution in [1.29, 1.82) is 0 Å². The van der Waals surface area contributed by atoms with E-state index >= 15 is 0 Å². The van der Waals surface area contributed by atoms with E-state index in [4.69, 9.17) is 14.2 Å². The number of hydrogen-bond acceptors (Lipinski definition) is 10. The number of nitrogens with zero attached hydrogens (tertiary/aromatic N) is 2. The van der Waals surface area contributed by atoms with Gasteiger partial charge >= 0.3 is 5.97 Å². The lowest BCUT2D eigenvalue weighted by atomic mass is 9.79. The van der Waals surface area contributed by atoms with Gasteiger partial charge in [-0.3, -0.25) is 9.79 Å². The molecule has 10 heteroatoms. The van der Waals surface area contributed by atoms with Gasteiger partial charge < -0.3 is 39.2 Å². The van der Waals surface area contributed by atoms with Crippen LogP contribution < -0.4 is 0 Å². The van der Waals surface area contributed by atoms with Gasteiger partial charge in [-0.15, -0.1) is 0 Å². The fourth-order valence-corrected chi connectivity index (χ4v) is 6.55. The molecular weight excluding hydrogens is 552 g/mol. The highest BCUT2D eigenvalue weighted by Crippen LogP contribution is 2.35. The van der Waals surface area contributed by atoms with Crippen molar-refractivity contribution >= 4 is 18.0 Å².